The lowest BCUT2D eigenvalue weighted by molar-refractivity contribution is -0.143. The summed E-state index contributed by atoms with van der Waals surface area (Å²) < 4.78 is 5.65. The molecule has 0 aromatic heterocycles. The number of rotatable bonds is 10. The first-order valence-electron chi connectivity index (χ1n) is 12.9. The van der Waals surface area contributed by atoms with Gasteiger partial charge in [0.25, 0.3) is 17.6 Å². The van der Waals surface area contributed by atoms with Gasteiger partial charge in [-0.3, -0.25) is 14.4 Å². The van der Waals surface area contributed by atoms with E-state index in [9.17, 15) is 19.5 Å². The van der Waals surface area contributed by atoms with Crippen molar-refractivity contribution in [2.24, 2.45) is 0 Å². The summed E-state index contributed by atoms with van der Waals surface area (Å²) in [7, 11) is 3.85. The maximum Gasteiger partial charge on any atom is 0.296 e. The number of ether oxygens (including phenoxy) is 1. The molecule has 1 unspecified atom stereocenters. The number of likely N-dealkylation sites (tertiary alicyclic amines) is 1. The molecule has 8 heteroatoms. The van der Waals surface area contributed by atoms with Crippen LogP contribution in [0.3, 0.4) is 0 Å². The second-order valence-electron chi connectivity index (χ2n) is 9.93. The minimum atomic E-state index is -1.73. The first kappa shape index (κ1) is 27.1. The second kappa shape index (κ2) is 10.8. The zero-order chi connectivity index (χ0) is 27.6. The highest BCUT2D eigenvalue weighted by Crippen LogP contribution is 2.53. The fourth-order valence-electron chi connectivity index (χ4n) is 5.41. The summed E-state index contributed by atoms with van der Waals surface area (Å²) in [5.41, 5.74) is 0.319. The summed E-state index contributed by atoms with van der Waals surface area (Å²) >= 11 is 0. The fourth-order valence-corrected chi connectivity index (χ4v) is 5.41. The topological polar surface area (TPSA) is 90.4 Å². The summed E-state index contributed by atoms with van der Waals surface area (Å²) in [4.78, 5) is 46.6. The molecule has 1 spiro atoms. The van der Waals surface area contributed by atoms with Crippen LogP contribution >= 0.6 is 0 Å². The minimum absolute atomic E-state index is 0.187. The third-order valence-corrected chi connectivity index (χ3v) is 7.05. The largest absolute Gasteiger partial charge is 0.507 e. The second-order valence-corrected chi connectivity index (χ2v) is 9.93. The van der Waals surface area contributed by atoms with Crippen LogP contribution in [-0.4, -0.2) is 72.8 Å². The SMILES string of the molecule is C=CCOc1ccc(/C(O)=C2/C(=O)C(=O)N(CCCN(C)C)C23C(=O)N(CCC)c2ccccc23)cc1C. The van der Waals surface area contributed by atoms with E-state index in [1.54, 1.807) is 41.3 Å². The highest BCUT2D eigenvalue weighted by atomic mass is 16.5. The van der Waals surface area contributed by atoms with Gasteiger partial charge in [-0.25, -0.2) is 0 Å². The summed E-state index contributed by atoms with van der Waals surface area (Å²) in [6.07, 6.45) is 2.88. The standard InChI is InChI=1S/C30H35N3O5/c1-6-15-32-23-12-9-8-11-22(23)30(29(32)37)25(27(35)28(36)33(30)17-10-16-31(4)5)26(34)21-13-14-24(20(3)19-21)38-18-7-2/h7-9,11-14,19,34H,2,6,10,15-18H2,1,3-5H3/b26-25+. The highest BCUT2D eigenvalue weighted by Gasteiger charge is 2.66. The Kier molecular flexibility index (Phi) is 7.73. The van der Waals surface area contributed by atoms with Gasteiger partial charge in [-0.15, -0.1) is 0 Å². The zero-order valence-electron chi connectivity index (χ0n) is 22.5. The quantitative estimate of drug-likeness (QED) is 0.223. The number of aliphatic hydroxyl groups excluding tert-OH is 1. The van der Waals surface area contributed by atoms with Crippen LogP contribution in [0.15, 0.2) is 60.7 Å². The number of fused-ring (bicyclic) bond motifs is 2. The Morgan fingerprint density at radius 3 is 2.53 bits per heavy atom. The van der Waals surface area contributed by atoms with Crippen molar-refractivity contribution in [1.29, 1.82) is 0 Å². The molecule has 2 aliphatic heterocycles. The van der Waals surface area contributed by atoms with Crippen molar-refractivity contribution in [3.05, 3.63) is 77.4 Å². The fraction of sp³-hybridized carbons (Fsp3) is 0.367. The monoisotopic (exact) mass is 517 g/mol. The van der Waals surface area contributed by atoms with E-state index in [1.807, 2.05) is 45.0 Å². The van der Waals surface area contributed by atoms with Crippen molar-refractivity contribution in [3.63, 3.8) is 0 Å². The number of Topliss-reactive ketones (excluding diaryl/α,β-unsaturated/α-hetero) is 1. The number of aryl methyl sites for hydroxylation is 1. The molecule has 4 rings (SSSR count). The summed E-state index contributed by atoms with van der Waals surface area (Å²) in [5.74, 6) is -1.81. The first-order chi connectivity index (χ1) is 18.2. The van der Waals surface area contributed by atoms with Crippen LogP contribution in [0.1, 0.15) is 36.5 Å². The number of hydrogen-bond donors (Lipinski definition) is 1. The number of hydrogen-bond acceptors (Lipinski definition) is 6. The van der Waals surface area contributed by atoms with Crippen molar-refractivity contribution in [3.8, 4) is 5.75 Å². The van der Waals surface area contributed by atoms with E-state index in [0.29, 0.717) is 55.1 Å². The van der Waals surface area contributed by atoms with E-state index in [1.165, 1.54) is 4.90 Å². The maximum absolute atomic E-state index is 14.4. The molecule has 1 N–H and O–H groups in total. The summed E-state index contributed by atoms with van der Waals surface area (Å²) in [6, 6.07) is 12.2. The average Bonchev–Trinajstić information content (AvgIpc) is 3.26. The van der Waals surface area contributed by atoms with Gasteiger partial charge < -0.3 is 24.5 Å². The third-order valence-electron chi connectivity index (χ3n) is 7.05. The van der Waals surface area contributed by atoms with Crippen LogP contribution in [0, 0.1) is 6.92 Å². The number of aliphatic hydroxyl groups is 1. The Morgan fingerprint density at radius 1 is 1.13 bits per heavy atom. The van der Waals surface area contributed by atoms with E-state index in [4.69, 9.17) is 4.74 Å². The Balaban J connectivity index is 1.95. The molecule has 2 aliphatic rings. The van der Waals surface area contributed by atoms with E-state index in [-0.39, 0.29) is 17.9 Å². The van der Waals surface area contributed by atoms with Crippen LogP contribution in [-0.2, 0) is 19.9 Å². The number of nitrogens with zero attached hydrogens (tertiary/aromatic N) is 3. The number of ketones is 1. The zero-order valence-corrected chi connectivity index (χ0v) is 22.5. The van der Waals surface area contributed by atoms with Crippen LogP contribution in [0.2, 0.25) is 0 Å². The molecule has 0 aliphatic carbocycles. The van der Waals surface area contributed by atoms with E-state index < -0.39 is 23.1 Å². The van der Waals surface area contributed by atoms with E-state index in [0.717, 1.165) is 5.56 Å². The molecule has 38 heavy (non-hydrogen) atoms. The molecule has 1 saturated heterocycles. The number of carbonyl (C=O) groups excluding carboxylic acids is 3. The molecular formula is C30H35N3O5. The van der Waals surface area contributed by atoms with Crippen LogP contribution in [0.5, 0.6) is 5.75 Å². The van der Waals surface area contributed by atoms with Gasteiger partial charge in [-0.1, -0.05) is 37.8 Å². The van der Waals surface area contributed by atoms with Crippen molar-refractivity contribution in [1.82, 2.24) is 9.80 Å². The summed E-state index contributed by atoms with van der Waals surface area (Å²) in [6.45, 7) is 9.05. The van der Waals surface area contributed by atoms with Crippen molar-refractivity contribution >= 4 is 29.0 Å². The predicted molar refractivity (Wildman–Crippen MR) is 147 cm³/mol. The lowest BCUT2D eigenvalue weighted by Crippen LogP contribution is -2.52. The van der Waals surface area contributed by atoms with Gasteiger partial charge >= 0.3 is 0 Å². The number of amides is 2. The van der Waals surface area contributed by atoms with Gasteiger partial charge in [0, 0.05) is 24.2 Å². The molecule has 200 valence electrons. The third kappa shape index (κ3) is 4.28. The lowest BCUT2D eigenvalue weighted by Gasteiger charge is -2.34. The molecule has 0 radical (unpaired) electrons. The first-order valence-corrected chi connectivity index (χ1v) is 12.9. The number of para-hydroxylation sites is 1. The molecule has 2 aromatic rings. The van der Waals surface area contributed by atoms with Gasteiger partial charge in [0.05, 0.1) is 11.3 Å². The Morgan fingerprint density at radius 2 is 1.87 bits per heavy atom. The number of anilines is 1. The Labute approximate surface area is 223 Å². The van der Waals surface area contributed by atoms with E-state index in [2.05, 4.69) is 6.58 Å². The average molecular weight is 518 g/mol. The van der Waals surface area contributed by atoms with E-state index >= 15 is 0 Å². The van der Waals surface area contributed by atoms with Crippen LogP contribution in [0.4, 0.5) is 5.69 Å². The molecular weight excluding hydrogens is 482 g/mol. The van der Waals surface area contributed by atoms with Crippen LogP contribution < -0.4 is 9.64 Å². The van der Waals surface area contributed by atoms with Gasteiger partial charge in [0.15, 0.2) is 5.54 Å². The number of benzene rings is 2. The smallest absolute Gasteiger partial charge is 0.296 e. The molecule has 2 amide bonds. The number of carbonyl (C=O) groups is 3. The van der Waals surface area contributed by atoms with Gasteiger partial charge in [-0.2, -0.15) is 0 Å². The molecule has 2 heterocycles. The summed E-state index contributed by atoms with van der Waals surface area (Å²) in [5, 5.41) is 11.7. The lowest BCUT2D eigenvalue weighted by atomic mass is 9.81. The van der Waals surface area contributed by atoms with Crippen molar-refractivity contribution < 1.29 is 24.2 Å². The maximum atomic E-state index is 14.4. The van der Waals surface area contributed by atoms with Crippen LogP contribution in [0.25, 0.3) is 5.76 Å². The Bertz CT molecular complexity index is 1310. The molecule has 0 bridgehead atoms. The van der Waals surface area contributed by atoms with Gasteiger partial charge in [0.2, 0.25) is 0 Å². The molecule has 0 saturated carbocycles. The normalized spacial score (nSPS) is 20.1. The van der Waals surface area contributed by atoms with Crippen molar-refractivity contribution in [2.75, 3.05) is 45.2 Å². The van der Waals surface area contributed by atoms with Gasteiger partial charge in [-0.05, 0) is 70.2 Å². The molecule has 2 aromatic carbocycles. The predicted octanol–water partition coefficient (Wildman–Crippen LogP) is 3.84. The molecule has 1 atom stereocenters. The highest BCUT2D eigenvalue weighted by molar-refractivity contribution is 6.50. The van der Waals surface area contributed by atoms with Gasteiger partial charge in [0.1, 0.15) is 18.1 Å². The molecule has 8 nitrogen and oxygen atoms in total. The minimum Gasteiger partial charge on any atom is -0.507 e. The van der Waals surface area contributed by atoms with Crippen molar-refractivity contribution in [2.45, 2.75) is 32.2 Å². The Hall–Kier alpha value is -3.91. The molecule has 1 fully saturated rings.